The Morgan fingerprint density at radius 2 is 2.15 bits per heavy atom. The number of fused-ring (bicyclic) bond motifs is 1. The van der Waals surface area contributed by atoms with Crippen LogP contribution in [0.3, 0.4) is 0 Å². The van der Waals surface area contributed by atoms with Gasteiger partial charge in [-0.3, -0.25) is 9.59 Å². The van der Waals surface area contributed by atoms with Gasteiger partial charge in [0, 0.05) is 6.08 Å². The molecule has 0 spiro atoms. The molecule has 0 aliphatic carbocycles. The van der Waals surface area contributed by atoms with Crippen molar-refractivity contribution in [1.82, 2.24) is 4.98 Å². The van der Waals surface area contributed by atoms with Gasteiger partial charge in [0.2, 0.25) is 11.5 Å². The second-order valence-electron chi connectivity index (χ2n) is 5.66. The van der Waals surface area contributed by atoms with Crippen molar-refractivity contribution in [1.29, 1.82) is 0 Å². The number of aromatic nitrogens is 1. The number of Topliss-reactive ketones (excluding diaryl/α,β-unsaturated/α-hetero) is 1. The number of benzene rings is 1. The van der Waals surface area contributed by atoms with E-state index in [9.17, 15) is 9.59 Å². The van der Waals surface area contributed by atoms with E-state index in [-0.39, 0.29) is 17.1 Å². The normalized spacial score (nSPS) is 14.4. The van der Waals surface area contributed by atoms with Gasteiger partial charge in [-0.1, -0.05) is 0 Å². The van der Waals surface area contributed by atoms with E-state index >= 15 is 0 Å². The van der Waals surface area contributed by atoms with Crippen LogP contribution in [0.4, 0.5) is 0 Å². The number of rotatable bonds is 4. The summed E-state index contributed by atoms with van der Waals surface area (Å²) in [5.74, 6) is 1.56. The molecule has 138 valence electrons. The quantitative estimate of drug-likeness (QED) is 0.681. The van der Waals surface area contributed by atoms with Gasteiger partial charge in [-0.05, 0) is 35.9 Å². The molecule has 27 heavy (non-hydrogen) atoms. The van der Waals surface area contributed by atoms with Gasteiger partial charge in [0.1, 0.15) is 13.2 Å². The second-order valence-corrected chi connectivity index (χ2v) is 6.75. The van der Waals surface area contributed by atoms with Crippen molar-refractivity contribution in [2.75, 3.05) is 20.3 Å². The van der Waals surface area contributed by atoms with E-state index in [0.717, 1.165) is 5.56 Å². The lowest BCUT2D eigenvalue weighted by molar-refractivity contribution is 0.103. The van der Waals surface area contributed by atoms with E-state index in [0.29, 0.717) is 39.7 Å². The molecular formula is C19H15NO6S. The molecule has 3 aromatic rings. The highest BCUT2D eigenvalue weighted by Crippen LogP contribution is 2.40. The maximum Gasteiger partial charge on any atom is 0.266 e. The number of hydrogen-bond donors (Lipinski definition) is 1. The van der Waals surface area contributed by atoms with E-state index in [4.69, 9.17) is 18.6 Å². The number of furan rings is 1. The Morgan fingerprint density at radius 1 is 1.30 bits per heavy atom. The third-order valence-corrected chi connectivity index (χ3v) is 4.82. The van der Waals surface area contributed by atoms with Crippen LogP contribution >= 0.6 is 11.3 Å². The Kier molecular flexibility index (Phi) is 4.55. The van der Waals surface area contributed by atoms with Gasteiger partial charge in [0.25, 0.3) is 5.56 Å². The lowest BCUT2D eigenvalue weighted by Crippen LogP contribution is -2.20. The summed E-state index contributed by atoms with van der Waals surface area (Å²) in [6.45, 7) is 0.910. The molecule has 0 unspecified atom stereocenters. The summed E-state index contributed by atoms with van der Waals surface area (Å²) in [7, 11) is 1.54. The Bertz CT molecular complexity index is 1140. The molecule has 1 aliphatic heterocycles. The molecule has 1 N–H and O–H groups in total. The van der Waals surface area contributed by atoms with Gasteiger partial charge in [-0.2, -0.15) is 0 Å². The van der Waals surface area contributed by atoms with Crippen LogP contribution < -0.4 is 29.0 Å². The number of ether oxygens (including phenoxy) is 3. The monoisotopic (exact) mass is 385 g/mol. The number of methoxy groups -OCH3 is 1. The van der Waals surface area contributed by atoms with Gasteiger partial charge < -0.3 is 23.6 Å². The summed E-state index contributed by atoms with van der Waals surface area (Å²) in [4.78, 5) is 27.0. The summed E-state index contributed by atoms with van der Waals surface area (Å²) in [6.07, 6.45) is 4.47. The number of H-pyrrole nitrogens is 1. The van der Waals surface area contributed by atoms with Crippen molar-refractivity contribution in [3.05, 3.63) is 61.4 Å². The third kappa shape index (κ3) is 3.52. The van der Waals surface area contributed by atoms with Crippen molar-refractivity contribution in [3.8, 4) is 17.2 Å². The molecule has 0 fully saturated rings. The number of carbonyl (C=O) groups excluding carboxylic acids is 1. The average molecular weight is 385 g/mol. The maximum absolute atomic E-state index is 12.2. The van der Waals surface area contributed by atoms with E-state index in [1.807, 2.05) is 0 Å². The lowest BCUT2D eigenvalue weighted by Gasteiger charge is -2.20. The largest absolute Gasteiger partial charge is 0.493 e. The summed E-state index contributed by atoms with van der Waals surface area (Å²) >= 11 is 1.18. The Hall–Kier alpha value is -3.26. The van der Waals surface area contributed by atoms with E-state index in [1.165, 1.54) is 23.7 Å². The summed E-state index contributed by atoms with van der Waals surface area (Å²) in [6, 6.07) is 6.75. The van der Waals surface area contributed by atoms with E-state index in [1.54, 1.807) is 37.5 Å². The fraction of sp³-hybridized carbons (Fsp3) is 0.158. The predicted molar refractivity (Wildman–Crippen MR) is 99.2 cm³/mol. The highest BCUT2D eigenvalue weighted by atomic mass is 32.1. The first kappa shape index (κ1) is 17.2. The highest BCUT2D eigenvalue weighted by Gasteiger charge is 2.18. The summed E-state index contributed by atoms with van der Waals surface area (Å²) in [5, 5.41) is 0. The predicted octanol–water partition coefficient (Wildman–Crippen LogP) is 1.30. The van der Waals surface area contributed by atoms with Crippen molar-refractivity contribution in [2.24, 2.45) is 0 Å². The number of aromatic amines is 1. The molecule has 0 radical (unpaired) electrons. The van der Waals surface area contributed by atoms with Crippen LogP contribution in [-0.4, -0.2) is 31.1 Å². The fourth-order valence-corrected chi connectivity index (χ4v) is 3.55. The first-order valence-corrected chi connectivity index (χ1v) is 8.94. The molecule has 0 amide bonds. The fourth-order valence-electron chi connectivity index (χ4n) is 2.66. The number of ketones is 1. The molecule has 3 heterocycles. The number of thiazole rings is 1. The van der Waals surface area contributed by atoms with Crippen LogP contribution in [-0.2, 0) is 0 Å². The van der Waals surface area contributed by atoms with Crippen LogP contribution in [0.25, 0.3) is 12.2 Å². The zero-order chi connectivity index (χ0) is 18.8. The topological polar surface area (TPSA) is 90.8 Å². The van der Waals surface area contributed by atoms with Crippen molar-refractivity contribution in [3.63, 3.8) is 0 Å². The molecule has 0 saturated carbocycles. The minimum absolute atomic E-state index is 0.214. The van der Waals surface area contributed by atoms with Gasteiger partial charge in [0.15, 0.2) is 17.3 Å². The SMILES string of the molecule is COc1cc(/C=c2\s/c(=C\C(=O)c3ccco3)[nH]c2=O)cc2c1OCCO2. The molecule has 1 aromatic carbocycles. The van der Waals surface area contributed by atoms with Gasteiger partial charge in [-0.25, -0.2) is 0 Å². The van der Waals surface area contributed by atoms with Gasteiger partial charge in [-0.15, -0.1) is 11.3 Å². The highest BCUT2D eigenvalue weighted by molar-refractivity contribution is 7.07. The third-order valence-electron chi connectivity index (χ3n) is 3.85. The van der Waals surface area contributed by atoms with Crippen LogP contribution in [0.5, 0.6) is 17.2 Å². The van der Waals surface area contributed by atoms with E-state index < -0.39 is 0 Å². The van der Waals surface area contributed by atoms with Gasteiger partial charge in [0.05, 0.1) is 22.6 Å². The van der Waals surface area contributed by atoms with Crippen LogP contribution in [0, 0.1) is 0 Å². The second kappa shape index (κ2) is 7.16. The Balaban J connectivity index is 1.74. The molecule has 2 aromatic heterocycles. The molecule has 8 heteroatoms. The molecule has 1 aliphatic rings. The lowest BCUT2D eigenvalue weighted by atomic mass is 10.1. The molecule has 0 bridgehead atoms. The van der Waals surface area contributed by atoms with Crippen molar-refractivity contribution < 1.29 is 23.4 Å². The van der Waals surface area contributed by atoms with Crippen molar-refractivity contribution in [2.45, 2.75) is 0 Å². The smallest absolute Gasteiger partial charge is 0.266 e. The van der Waals surface area contributed by atoms with Gasteiger partial charge >= 0.3 is 0 Å². The standard InChI is InChI=1S/C19H15NO6S/c1-23-14-7-11(8-15-18(14)26-6-5-25-15)9-16-19(22)20-17(27-16)10-12(21)13-3-2-4-24-13/h2-4,7-10H,5-6H2,1H3,(H,20,22)/b16-9-,17-10-. The molecule has 4 rings (SSSR count). The summed E-state index contributed by atoms with van der Waals surface area (Å²) in [5.41, 5.74) is 0.444. The Labute approximate surface area is 157 Å². The van der Waals surface area contributed by atoms with Crippen molar-refractivity contribution >= 4 is 29.3 Å². The zero-order valence-electron chi connectivity index (χ0n) is 14.3. The van der Waals surface area contributed by atoms with Crippen LogP contribution in [0.15, 0.2) is 39.7 Å². The zero-order valence-corrected chi connectivity index (χ0v) is 15.1. The number of nitrogens with one attached hydrogen (secondary N) is 1. The molecule has 7 nitrogen and oxygen atoms in total. The number of hydrogen-bond acceptors (Lipinski definition) is 7. The summed E-state index contributed by atoms with van der Waals surface area (Å²) < 4.78 is 22.5. The van der Waals surface area contributed by atoms with Crippen LogP contribution in [0.1, 0.15) is 16.1 Å². The number of carbonyl (C=O) groups is 1. The maximum atomic E-state index is 12.2. The molecular weight excluding hydrogens is 370 g/mol. The minimum atomic E-state index is -0.315. The molecule has 0 saturated heterocycles. The minimum Gasteiger partial charge on any atom is -0.493 e. The first-order chi connectivity index (χ1) is 13.1. The average Bonchev–Trinajstić information content (AvgIpc) is 3.31. The van der Waals surface area contributed by atoms with E-state index in [2.05, 4.69) is 4.98 Å². The first-order valence-electron chi connectivity index (χ1n) is 8.12. The Morgan fingerprint density at radius 3 is 2.93 bits per heavy atom. The van der Waals surface area contributed by atoms with Crippen LogP contribution in [0.2, 0.25) is 0 Å². The molecule has 0 atom stereocenters.